The molecule has 7 nitrogen and oxygen atoms in total. The zero-order chi connectivity index (χ0) is 19.3. The van der Waals surface area contributed by atoms with E-state index in [4.69, 9.17) is 5.26 Å². The summed E-state index contributed by atoms with van der Waals surface area (Å²) in [5.41, 5.74) is 1.11. The molecular weight excluding hydrogens is 354 g/mol. The average molecular weight is 377 g/mol. The van der Waals surface area contributed by atoms with Crippen LogP contribution < -0.4 is 4.90 Å². The van der Waals surface area contributed by atoms with Gasteiger partial charge in [-0.3, -0.25) is 9.59 Å². The lowest BCUT2D eigenvalue weighted by atomic mass is 10.2. The number of nitrogens with zero attached hydrogens (tertiary/aromatic N) is 3. The summed E-state index contributed by atoms with van der Waals surface area (Å²) in [4.78, 5) is 27.6. The van der Waals surface area contributed by atoms with E-state index in [2.05, 4.69) is 0 Å². The third-order valence-electron chi connectivity index (χ3n) is 4.55. The number of rotatable bonds is 6. The molecule has 0 saturated carbocycles. The quantitative estimate of drug-likeness (QED) is 0.745. The van der Waals surface area contributed by atoms with Crippen molar-refractivity contribution in [3.63, 3.8) is 0 Å². The maximum Gasteiger partial charge on any atom is 0.224 e. The number of anilines is 1. The van der Waals surface area contributed by atoms with Crippen molar-refractivity contribution in [3.05, 3.63) is 29.8 Å². The van der Waals surface area contributed by atoms with Crippen LogP contribution in [0.3, 0.4) is 0 Å². The van der Waals surface area contributed by atoms with Crippen molar-refractivity contribution >= 4 is 27.3 Å². The van der Waals surface area contributed by atoms with Crippen LogP contribution in [0.25, 0.3) is 0 Å². The molecule has 26 heavy (non-hydrogen) atoms. The van der Waals surface area contributed by atoms with Crippen molar-refractivity contribution < 1.29 is 18.0 Å². The first-order chi connectivity index (χ1) is 12.3. The maximum absolute atomic E-state index is 12.6. The Kier molecular flexibility index (Phi) is 6.37. The van der Waals surface area contributed by atoms with Crippen LogP contribution in [0.2, 0.25) is 0 Å². The van der Waals surface area contributed by atoms with Crippen LogP contribution in [0.4, 0.5) is 5.69 Å². The molecule has 1 unspecified atom stereocenters. The van der Waals surface area contributed by atoms with Gasteiger partial charge in [0.2, 0.25) is 11.8 Å². The largest absolute Gasteiger partial charge is 0.339 e. The maximum atomic E-state index is 12.6. The van der Waals surface area contributed by atoms with Crippen molar-refractivity contribution in [1.82, 2.24) is 4.90 Å². The molecule has 0 N–H and O–H groups in total. The van der Waals surface area contributed by atoms with Gasteiger partial charge in [0, 0.05) is 38.2 Å². The predicted octanol–water partition coefficient (Wildman–Crippen LogP) is 1.34. The van der Waals surface area contributed by atoms with Gasteiger partial charge in [0.25, 0.3) is 0 Å². The zero-order valence-corrected chi connectivity index (χ0v) is 15.8. The van der Waals surface area contributed by atoms with Crippen molar-refractivity contribution in [1.29, 1.82) is 5.26 Å². The number of amides is 2. The van der Waals surface area contributed by atoms with E-state index in [0.717, 1.165) is 0 Å². The lowest BCUT2D eigenvalue weighted by Gasteiger charge is -2.28. The molecule has 8 heteroatoms. The molecule has 1 fully saturated rings. The highest BCUT2D eigenvalue weighted by Crippen LogP contribution is 2.20. The number of hydrogen-bond donors (Lipinski definition) is 0. The van der Waals surface area contributed by atoms with E-state index in [-0.39, 0.29) is 42.3 Å². The van der Waals surface area contributed by atoms with Crippen LogP contribution in [0, 0.1) is 11.3 Å². The summed E-state index contributed by atoms with van der Waals surface area (Å²) >= 11 is 0. The Balaban J connectivity index is 2.04. The highest BCUT2D eigenvalue weighted by atomic mass is 32.2. The van der Waals surface area contributed by atoms with Crippen molar-refractivity contribution in [2.45, 2.75) is 32.7 Å². The number of nitriles is 1. The molecule has 0 radical (unpaired) electrons. The summed E-state index contributed by atoms with van der Waals surface area (Å²) in [6.07, 6.45) is 0.581. The third kappa shape index (κ3) is 4.82. The summed E-state index contributed by atoms with van der Waals surface area (Å²) in [6.45, 7) is 3.89. The van der Waals surface area contributed by atoms with Crippen LogP contribution in [0.5, 0.6) is 0 Å². The van der Waals surface area contributed by atoms with E-state index in [1.54, 1.807) is 29.2 Å². The molecule has 140 valence electrons. The van der Waals surface area contributed by atoms with Gasteiger partial charge in [0.1, 0.15) is 0 Å². The Morgan fingerprint density at radius 1 is 1.27 bits per heavy atom. The highest BCUT2D eigenvalue weighted by Gasteiger charge is 2.33. The Hall–Kier alpha value is -2.40. The molecule has 0 spiro atoms. The summed E-state index contributed by atoms with van der Waals surface area (Å²) in [7, 11) is -3.06. The minimum absolute atomic E-state index is 0.0125. The molecule has 1 atom stereocenters. The fourth-order valence-electron chi connectivity index (χ4n) is 3.19. The van der Waals surface area contributed by atoms with Crippen LogP contribution in [0.1, 0.15) is 32.3 Å². The molecule has 1 aromatic rings. The smallest absolute Gasteiger partial charge is 0.224 e. The zero-order valence-electron chi connectivity index (χ0n) is 15.0. The molecule has 2 amide bonds. The monoisotopic (exact) mass is 377 g/mol. The first kappa shape index (κ1) is 19.9. The highest BCUT2D eigenvalue weighted by molar-refractivity contribution is 7.91. The van der Waals surface area contributed by atoms with Gasteiger partial charge in [0.15, 0.2) is 9.84 Å². The van der Waals surface area contributed by atoms with E-state index in [9.17, 15) is 18.0 Å². The van der Waals surface area contributed by atoms with Gasteiger partial charge in [0.05, 0.1) is 23.1 Å². The van der Waals surface area contributed by atoms with Crippen molar-refractivity contribution in [2.75, 3.05) is 29.5 Å². The summed E-state index contributed by atoms with van der Waals surface area (Å²) in [6, 6.07) is 8.32. The lowest BCUT2D eigenvalue weighted by Crippen LogP contribution is -2.42. The van der Waals surface area contributed by atoms with Crippen LogP contribution in [-0.2, 0) is 19.4 Å². The molecule has 1 aliphatic heterocycles. The van der Waals surface area contributed by atoms with E-state index in [1.807, 2.05) is 13.0 Å². The molecule has 0 bridgehead atoms. The van der Waals surface area contributed by atoms with Crippen molar-refractivity contribution in [3.8, 4) is 6.07 Å². The minimum atomic E-state index is -3.06. The van der Waals surface area contributed by atoms with Gasteiger partial charge in [-0.15, -0.1) is 0 Å². The van der Waals surface area contributed by atoms with E-state index < -0.39 is 9.84 Å². The number of benzene rings is 1. The second kappa shape index (κ2) is 8.32. The molecule has 1 aromatic carbocycles. The van der Waals surface area contributed by atoms with Crippen LogP contribution in [0.15, 0.2) is 24.3 Å². The van der Waals surface area contributed by atoms with E-state index >= 15 is 0 Å². The predicted molar refractivity (Wildman–Crippen MR) is 98.2 cm³/mol. The number of carbonyl (C=O) groups is 2. The second-order valence-corrected chi connectivity index (χ2v) is 8.54. The Bertz CT molecular complexity index is 812. The lowest BCUT2D eigenvalue weighted by molar-refractivity contribution is -0.132. The third-order valence-corrected chi connectivity index (χ3v) is 6.30. The molecule has 2 rings (SSSR count). The Labute approximate surface area is 154 Å². The number of hydrogen-bond acceptors (Lipinski definition) is 5. The van der Waals surface area contributed by atoms with Crippen LogP contribution >= 0.6 is 0 Å². The summed E-state index contributed by atoms with van der Waals surface area (Å²) in [5, 5.41) is 8.86. The van der Waals surface area contributed by atoms with E-state index in [1.165, 1.54) is 11.8 Å². The first-order valence-electron chi connectivity index (χ1n) is 8.55. The van der Waals surface area contributed by atoms with Crippen molar-refractivity contribution in [2.24, 2.45) is 0 Å². The molecular formula is C18H23N3O4S. The van der Waals surface area contributed by atoms with Gasteiger partial charge in [-0.25, -0.2) is 8.42 Å². The van der Waals surface area contributed by atoms with Gasteiger partial charge < -0.3 is 9.80 Å². The molecule has 1 aliphatic rings. The van der Waals surface area contributed by atoms with Gasteiger partial charge in [-0.05, 0) is 37.6 Å². The normalized spacial score (nSPS) is 18.1. The summed E-state index contributed by atoms with van der Waals surface area (Å²) < 4.78 is 23.3. The van der Waals surface area contributed by atoms with Crippen LogP contribution in [-0.4, -0.2) is 55.8 Å². The first-order valence-corrected chi connectivity index (χ1v) is 10.4. The number of sulfone groups is 1. The topological polar surface area (TPSA) is 98.5 Å². The molecule has 0 aliphatic carbocycles. The molecule has 0 aromatic heterocycles. The fourth-order valence-corrected chi connectivity index (χ4v) is 4.93. The minimum Gasteiger partial charge on any atom is -0.339 e. The Morgan fingerprint density at radius 2 is 1.92 bits per heavy atom. The second-order valence-electron chi connectivity index (χ2n) is 6.32. The molecule has 1 saturated heterocycles. The van der Waals surface area contributed by atoms with E-state index in [0.29, 0.717) is 24.2 Å². The summed E-state index contributed by atoms with van der Waals surface area (Å²) in [5.74, 6) is -0.228. The standard InChI is InChI=1S/C18H23N3O4S/c1-3-20(17-9-11-26(24,25)13-17)18(23)8-10-21(14(2)22)16-6-4-15(12-19)5-7-16/h4-7,17H,3,8-11,13H2,1-2H3. The molecule has 1 heterocycles. The van der Waals surface area contributed by atoms with Gasteiger partial charge >= 0.3 is 0 Å². The van der Waals surface area contributed by atoms with Gasteiger partial charge in [-0.1, -0.05) is 0 Å². The fraction of sp³-hybridized carbons (Fsp3) is 0.500. The Morgan fingerprint density at radius 3 is 2.38 bits per heavy atom. The SMILES string of the molecule is CCN(C(=O)CCN(C(C)=O)c1ccc(C#N)cc1)C1CCS(=O)(=O)C1. The average Bonchev–Trinajstić information content (AvgIpc) is 2.95. The number of carbonyl (C=O) groups excluding carboxylic acids is 2. The van der Waals surface area contributed by atoms with Gasteiger partial charge in [-0.2, -0.15) is 5.26 Å².